The normalized spacial score (nSPS) is 18.2. The van der Waals surface area contributed by atoms with Gasteiger partial charge in [-0.25, -0.2) is 0 Å². The maximum atomic E-state index is 11.6. The van der Waals surface area contributed by atoms with Crippen LogP contribution in [0, 0.1) is 0 Å². The molecule has 0 spiro atoms. The molecule has 0 aliphatic carbocycles. The molecule has 76 valence electrons. The number of carbonyl (C=O) groups is 1. The fourth-order valence-corrected chi connectivity index (χ4v) is 1.56. The van der Waals surface area contributed by atoms with Gasteiger partial charge in [0, 0.05) is 19.5 Å². The van der Waals surface area contributed by atoms with E-state index in [1.807, 2.05) is 4.90 Å². The third kappa shape index (κ3) is 2.99. The van der Waals surface area contributed by atoms with Gasteiger partial charge in [0.15, 0.2) is 6.04 Å². The molecular weight excluding hydrogens is 164 g/mol. The number of hydrogen-bond donors (Lipinski definition) is 1. The van der Waals surface area contributed by atoms with Gasteiger partial charge in [0.1, 0.15) is 0 Å². The predicted molar refractivity (Wildman–Crippen MR) is 52.0 cm³/mol. The number of carbonyl (C=O) groups excluding carboxylic acids is 1. The lowest BCUT2D eigenvalue weighted by Gasteiger charge is -2.31. The van der Waals surface area contributed by atoms with Crippen molar-refractivity contribution in [1.82, 2.24) is 4.90 Å². The molecule has 1 amide bonds. The molecule has 1 atom stereocenters. The van der Waals surface area contributed by atoms with E-state index >= 15 is 0 Å². The summed E-state index contributed by atoms with van der Waals surface area (Å²) >= 11 is 0. The summed E-state index contributed by atoms with van der Waals surface area (Å²) in [5.41, 5.74) is 3.92. The molecule has 0 unspecified atom stereocenters. The molecule has 1 fully saturated rings. The summed E-state index contributed by atoms with van der Waals surface area (Å²) in [6, 6.07) is 0.00634. The molecule has 0 saturated carbocycles. The van der Waals surface area contributed by atoms with E-state index in [1.54, 1.807) is 0 Å². The Balaban J connectivity index is 2.13. The topological polar surface area (TPSA) is 48.0 Å². The Hall–Kier alpha value is -0.570. The highest BCUT2D eigenvalue weighted by molar-refractivity contribution is 5.80. The minimum atomic E-state index is 0.00634. The molecule has 0 aromatic carbocycles. The Morgan fingerprint density at radius 2 is 2.15 bits per heavy atom. The fraction of sp³-hybridized carbons (Fsp3) is 0.900. The molecule has 0 aromatic heterocycles. The fourth-order valence-electron chi connectivity index (χ4n) is 1.56. The minimum Gasteiger partial charge on any atom is -0.347 e. The lowest BCUT2D eigenvalue weighted by atomic mass is 10.1. The third-order valence-electron chi connectivity index (χ3n) is 2.67. The maximum Gasteiger partial charge on any atom is 0.280 e. The van der Waals surface area contributed by atoms with E-state index in [1.165, 1.54) is 19.3 Å². The van der Waals surface area contributed by atoms with Gasteiger partial charge in [-0.3, -0.25) is 4.79 Å². The zero-order chi connectivity index (χ0) is 9.68. The molecule has 0 bridgehead atoms. The van der Waals surface area contributed by atoms with Gasteiger partial charge in [-0.2, -0.15) is 0 Å². The van der Waals surface area contributed by atoms with Crippen molar-refractivity contribution in [2.75, 3.05) is 13.1 Å². The molecule has 3 N–H and O–H groups in total. The van der Waals surface area contributed by atoms with Gasteiger partial charge in [0.05, 0.1) is 0 Å². The van der Waals surface area contributed by atoms with Crippen LogP contribution < -0.4 is 5.73 Å². The van der Waals surface area contributed by atoms with Gasteiger partial charge in [0.2, 0.25) is 0 Å². The summed E-state index contributed by atoms with van der Waals surface area (Å²) < 4.78 is 0. The quantitative estimate of drug-likeness (QED) is 0.620. The van der Waals surface area contributed by atoms with Crippen LogP contribution in [0.2, 0.25) is 0 Å². The molecule has 0 aromatic rings. The van der Waals surface area contributed by atoms with Crippen LogP contribution in [0.4, 0.5) is 0 Å². The van der Waals surface area contributed by atoms with Crippen molar-refractivity contribution in [3.05, 3.63) is 0 Å². The number of rotatable bonds is 5. The average Bonchev–Trinajstić information content (AvgIpc) is 2.01. The molecule has 3 nitrogen and oxygen atoms in total. The molecule has 1 rings (SSSR count). The van der Waals surface area contributed by atoms with Crippen molar-refractivity contribution in [2.24, 2.45) is 0 Å². The third-order valence-corrected chi connectivity index (χ3v) is 2.67. The standard InChI is InChI=1S/C10H20N2O/c1-2-3-4-6-9(11)10(13)12-7-5-8-12/h9H,2-8,11H2,1H3/p+1/t9-/m0/s1. The van der Waals surface area contributed by atoms with Crippen LogP contribution >= 0.6 is 0 Å². The summed E-state index contributed by atoms with van der Waals surface area (Å²) in [6.07, 6.45) is 5.71. The second kappa shape index (κ2) is 5.22. The van der Waals surface area contributed by atoms with Crippen molar-refractivity contribution in [1.29, 1.82) is 0 Å². The largest absolute Gasteiger partial charge is 0.347 e. The smallest absolute Gasteiger partial charge is 0.280 e. The maximum absolute atomic E-state index is 11.6. The number of hydrogen-bond acceptors (Lipinski definition) is 1. The van der Waals surface area contributed by atoms with E-state index in [9.17, 15) is 4.79 Å². The zero-order valence-electron chi connectivity index (χ0n) is 8.59. The Bertz CT molecular complexity index is 166. The van der Waals surface area contributed by atoms with Crippen LogP contribution in [-0.4, -0.2) is 29.9 Å². The van der Waals surface area contributed by atoms with Gasteiger partial charge in [0.25, 0.3) is 5.91 Å². The van der Waals surface area contributed by atoms with Crippen LogP contribution in [0.5, 0.6) is 0 Å². The Labute approximate surface area is 80.3 Å². The second-order valence-corrected chi connectivity index (χ2v) is 3.87. The summed E-state index contributed by atoms with van der Waals surface area (Å²) in [5.74, 6) is 0.266. The lowest BCUT2D eigenvalue weighted by Crippen LogP contribution is -2.69. The second-order valence-electron chi connectivity index (χ2n) is 3.87. The van der Waals surface area contributed by atoms with Gasteiger partial charge in [-0.05, 0) is 12.8 Å². The van der Waals surface area contributed by atoms with Crippen LogP contribution in [0.1, 0.15) is 39.0 Å². The molecule has 1 aliphatic heterocycles. The number of amides is 1. The first kappa shape index (κ1) is 10.5. The Kier molecular flexibility index (Phi) is 4.22. The Morgan fingerprint density at radius 1 is 1.46 bits per heavy atom. The van der Waals surface area contributed by atoms with Crippen molar-refractivity contribution in [3.8, 4) is 0 Å². The Morgan fingerprint density at radius 3 is 2.62 bits per heavy atom. The number of quaternary nitrogens is 1. The van der Waals surface area contributed by atoms with Gasteiger partial charge < -0.3 is 10.6 Å². The SMILES string of the molecule is CCCCC[C@H]([NH3+])C(=O)N1CCC1. The van der Waals surface area contributed by atoms with Crippen LogP contribution in [-0.2, 0) is 4.79 Å². The van der Waals surface area contributed by atoms with E-state index in [0.29, 0.717) is 0 Å². The highest BCUT2D eigenvalue weighted by Crippen LogP contribution is 2.09. The first-order chi connectivity index (χ1) is 6.25. The van der Waals surface area contributed by atoms with Crippen LogP contribution in [0.25, 0.3) is 0 Å². The number of unbranched alkanes of at least 4 members (excludes halogenated alkanes) is 2. The van der Waals surface area contributed by atoms with Gasteiger partial charge in [-0.15, -0.1) is 0 Å². The summed E-state index contributed by atoms with van der Waals surface area (Å²) in [6.45, 7) is 4.09. The summed E-state index contributed by atoms with van der Waals surface area (Å²) in [5, 5.41) is 0. The first-order valence-corrected chi connectivity index (χ1v) is 5.37. The monoisotopic (exact) mass is 185 g/mol. The minimum absolute atomic E-state index is 0.00634. The van der Waals surface area contributed by atoms with E-state index in [0.717, 1.165) is 25.9 Å². The zero-order valence-corrected chi connectivity index (χ0v) is 8.59. The lowest BCUT2D eigenvalue weighted by molar-refractivity contribution is -0.407. The van der Waals surface area contributed by atoms with Crippen LogP contribution in [0.3, 0.4) is 0 Å². The van der Waals surface area contributed by atoms with E-state index in [4.69, 9.17) is 0 Å². The van der Waals surface area contributed by atoms with Crippen molar-refractivity contribution >= 4 is 5.91 Å². The molecule has 13 heavy (non-hydrogen) atoms. The van der Waals surface area contributed by atoms with Crippen molar-refractivity contribution in [3.63, 3.8) is 0 Å². The van der Waals surface area contributed by atoms with Gasteiger partial charge in [-0.1, -0.05) is 19.8 Å². The van der Waals surface area contributed by atoms with E-state index in [-0.39, 0.29) is 11.9 Å². The van der Waals surface area contributed by atoms with Crippen molar-refractivity contribution in [2.45, 2.75) is 45.1 Å². The first-order valence-electron chi connectivity index (χ1n) is 5.37. The molecule has 3 heteroatoms. The number of nitrogens with zero attached hydrogens (tertiary/aromatic N) is 1. The van der Waals surface area contributed by atoms with E-state index in [2.05, 4.69) is 12.7 Å². The summed E-state index contributed by atoms with van der Waals surface area (Å²) in [7, 11) is 0. The van der Waals surface area contributed by atoms with Crippen molar-refractivity contribution < 1.29 is 10.5 Å². The molecular formula is C10H21N2O+. The highest BCUT2D eigenvalue weighted by Gasteiger charge is 2.27. The summed E-state index contributed by atoms with van der Waals surface area (Å²) in [4.78, 5) is 13.5. The predicted octanol–water partition coefficient (Wildman–Crippen LogP) is 0.410. The van der Waals surface area contributed by atoms with Crippen LogP contribution in [0.15, 0.2) is 0 Å². The average molecular weight is 185 g/mol. The molecule has 0 radical (unpaired) electrons. The number of likely N-dealkylation sites (tertiary alicyclic amines) is 1. The van der Waals surface area contributed by atoms with Gasteiger partial charge >= 0.3 is 0 Å². The molecule has 1 heterocycles. The van der Waals surface area contributed by atoms with E-state index < -0.39 is 0 Å². The molecule has 1 aliphatic rings. The molecule has 1 saturated heterocycles. The highest BCUT2D eigenvalue weighted by atomic mass is 16.2.